The SMILES string of the molecule is CC(C)CCNC(=O)NCC(C)(C)C(=O)O. The molecule has 0 aromatic carbocycles. The zero-order chi connectivity index (χ0) is 12.8. The molecular formula is C11H22N2O3. The summed E-state index contributed by atoms with van der Waals surface area (Å²) < 4.78 is 0. The third-order valence-electron chi connectivity index (χ3n) is 2.28. The Hall–Kier alpha value is -1.26. The zero-order valence-electron chi connectivity index (χ0n) is 10.5. The van der Waals surface area contributed by atoms with Gasteiger partial charge in [0.2, 0.25) is 0 Å². The minimum absolute atomic E-state index is 0.121. The van der Waals surface area contributed by atoms with Gasteiger partial charge in [-0.3, -0.25) is 4.79 Å². The Morgan fingerprint density at radius 2 is 1.81 bits per heavy atom. The Kier molecular flexibility index (Phi) is 5.85. The molecular weight excluding hydrogens is 208 g/mol. The van der Waals surface area contributed by atoms with Crippen molar-refractivity contribution in [2.24, 2.45) is 11.3 Å². The van der Waals surface area contributed by atoms with Crippen LogP contribution >= 0.6 is 0 Å². The number of carboxylic acid groups (broad SMARTS) is 1. The van der Waals surface area contributed by atoms with Gasteiger partial charge in [-0.2, -0.15) is 0 Å². The van der Waals surface area contributed by atoms with Crippen LogP contribution in [-0.4, -0.2) is 30.2 Å². The van der Waals surface area contributed by atoms with Crippen molar-refractivity contribution < 1.29 is 14.7 Å². The van der Waals surface area contributed by atoms with E-state index in [1.165, 1.54) is 0 Å². The fraction of sp³-hybridized carbons (Fsp3) is 0.818. The van der Waals surface area contributed by atoms with Crippen LogP contribution in [0.25, 0.3) is 0 Å². The highest BCUT2D eigenvalue weighted by molar-refractivity contribution is 5.77. The molecule has 2 amide bonds. The predicted molar refractivity (Wildman–Crippen MR) is 62.3 cm³/mol. The molecule has 16 heavy (non-hydrogen) atoms. The van der Waals surface area contributed by atoms with Crippen LogP contribution in [0.2, 0.25) is 0 Å². The fourth-order valence-corrected chi connectivity index (χ4v) is 0.914. The molecule has 0 aliphatic rings. The van der Waals surface area contributed by atoms with Gasteiger partial charge in [-0.1, -0.05) is 13.8 Å². The maximum atomic E-state index is 11.3. The van der Waals surface area contributed by atoms with Crippen molar-refractivity contribution in [3.8, 4) is 0 Å². The van der Waals surface area contributed by atoms with E-state index in [1.54, 1.807) is 13.8 Å². The van der Waals surface area contributed by atoms with Gasteiger partial charge in [-0.15, -0.1) is 0 Å². The van der Waals surface area contributed by atoms with E-state index in [4.69, 9.17) is 5.11 Å². The molecule has 0 saturated heterocycles. The number of hydrogen-bond donors (Lipinski definition) is 3. The zero-order valence-corrected chi connectivity index (χ0v) is 10.5. The maximum Gasteiger partial charge on any atom is 0.314 e. The quantitative estimate of drug-likeness (QED) is 0.646. The van der Waals surface area contributed by atoms with Crippen LogP contribution in [0.15, 0.2) is 0 Å². The smallest absolute Gasteiger partial charge is 0.314 e. The Labute approximate surface area is 96.6 Å². The van der Waals surface area contributed by atoms with E-state index in [1.807, 2.05) is 0 Å². The van der Waals surface area contributed by atoms with Crippen LogP contribution in [0.5, 0.6) is 0 Å². The Balaban J connectivity index is 3.77. The van der Waals surface area contributed by atoms with E-state index < -0.39 is 11.4 Å². The number of carbonyl (C=O) groups excluding carboxylic acids is 1. The van der Waals surface area contributed by atoms with E-state index in [0.717, 1.165) is 6.42 Å². The van der Waals surface area contributed by atoms with Crippen molar-refractivity contribution in [2.75, 3.05) is 13.1 Å². The molecule has 0 bridgehead atoms. The lowest BCUT2D eigenvalue weighted by atomic mass is 9.94. The molecule has 0 radical (unpaired) electrons. The number of carboxylic acids is 1. The minimum atomic E-state index is -0.935. The largest absolute Gasteiger partial charge is 0.481 e. The van der Waals surface area contributed by atoms with Gasteiger partial charge in [0.05, 0.1) is 5.41 Å². The molecule has 3 N–H and O–H groups in total. The first-order valence-corrected chi connectivity index (χ1v) is 5.51. The average Bonchev–Trinajstić information content (AvgIpc) is 2.14. The number of rotatable bonds is 6. The van der Waals surface area contributed by atoms with Crippen molar-refractivity contribution in [3.05, 3.63) is 0 Å². The molecule has 0 aliphatic carbocycles. The van der Waals surface area contributed by atoms with Gasteiger partial charge < -0.3 is 15.7 Å². The molecule has 5 heteroatoms. The van der Waals surface area contributed by atoms with Crippen LogP contribution < -0.4 is 10.6 Å². The second-order valence-corrected chi connectivity index (χ2v) is 4.98. The molecule has 0 heterocycles. The Bertz CT molecular complexity index is 250. The highest BCUT2D eigenvalue weighted by atomic mass is 16.4. The van der Waals surface area contributed by atoms with Crippen molar-refractivity contribution >= 4 is 12.0 Å². The summed E-state index contributed by atoms with van der Waals surface area (Å²) in [7, 11) is 0. The minimum Gasteiger partial charge on any atom is -0.481 e. The second kappa shape index (κ2) is 6.35. The van der Waals surface area contributed by atoms with Gasteiger partial charge in [-0.05, 0) is 26.2 Å². The highest BCUT2D eigenvalue weighted by Crippen LogP contribution is 2.12. The van der Waals surface area contributed by atoms with Gasteiger partial charge in [0.1, 0.15) is 0 Å². The number of urea groups is 1. The molecule has 0 rings (SSSR count). The molecule has 0 saturated carbocycles. The van der Waals surface area contributed by atoms with Crippen LogP contribution in [0, 0.1) is 11.3 Å². The summed E-state index contributed by atoms with van der Waals surface area (Å²) in [5, 5.41) is 14.1. The lowest BCUT2D eigenvalue weighted by molar-refractivity contribution is -0.146. The second-order valence-electron chi connectivity index (χ2n) is 4.98. The number of aliphatic carboxylic acids is 1. The molecule has 0 unspecified atom stereocenters. The molecule has 0 fully saturated rings. The molecule has 0 aliphatic heterocycles. The fourth-order valence-electron chi connectivity index (χ4n) is 0.914. The monoisotopic (exact) mass is 230 g/mol. The average molecular weight is 230 g/mol. The molecule has 94 valence electrons. The van der Waals surface area contributed by atoms with Crippen molar-refractivity contribution in [1.82, 2.24) is 10.6 Å². The van der Waals surface area contributed by atoms with Crippen molar-refractivity contribution in [3.63, 3.8) is 0 Å². The van der Waals surface area contributed by atoms with E-state index in [9.17, 15) is 9.59 Å². The van der Waals surface area contributed by atoms with E-state index in [-0.39, 0.29) is 12.6 Å². The van der Waals surface area contributed by atoms with Crippen molar-refractivity contribution in [2.45, 2.75) is 34.1 Å². The molecule has 5 nitrogen and oxygen atoms in total. The first kappa shape index (κ1) is 14.7. The number of hydrogen-bond acceptors (Lipinski definition) is 2. The summed E-state index contributed by atoms with van der Waals surface area (Å²) >= 11 is 0. The van der Waals surface area contributed by atoms with Crippen LogP contribution in [0.3, 0.4) is 0 Å². The summed E-state index contributed by atoms with van der Waals surface area (Å²) in [5.41, 5.74) is -0.935. The lowest BCUT2D eigenvalue weighted by Crippen LogP contribution is -2.43. The summed E-state index contributed by atoms with van der Waals surface area (Å²) in [5.74, 6) is -0.384. The number of amides is 2. The van der Waals surface area contributed by atoms with Gasteiger partial charge in [0, 0.05) is 13.1 Å². The summed E-state index contributed by atoms with van der Waals surface area (Å²) in [4.78, 5) is 22.0. The first-order chi connectivity index (χ1) is 7.25. The van der Waals surface area contributed by atoms with Crippen LogP contribution in [0.1, 0.15) is 34.1 Å². The third-order valence-corrected chi connectivity index (χ3v) is 2.28. The van der Waals surface area contributed by atoms with Gasteiger partial charge in [-0.25, -0.2) is 4.79 Å². The van der Waals surface area contributed by atoms with E-state index >= 15 is 0 Å². The molecule has 0 atom stereocenters. The number of nitrogens with one attached hydrogen (secondary N) is 2. The number of carbonyl (C=O) groups is 2. The van der Waals surface area contributed by atoms with E-state index in [2.05, 4.69) is 24.5 Å². The first-order valence-electron chi connectivity index (χ1n) is 5.51. The maximum absolute atomic E-state index is 11.3. The summed E-state index contributed by atoms with van der Waals surface area (Å²) in [6.07, 6.45) is 0.912. The van der Waals surface area contributed by atoms with Gasteiger partial charge in [0.15, 0.2) is 0 Å². The molecule has 0 aromatic rings. The lowest BCUT2D eigenvalue weighted by Gasteiger charge is -2.19. The third kappa shape index (κ3) is 6.27. The molecule has 0 spiro atoms. The Morgan fingerprint density at radius 1 is 1.25 bits per heavy atom. The summed E-state index contributed by atoms with van der Waals surface area (Å²) in [6, 6.07) is -0.310. The van der Waals surface area contributed by atoms with Gasteiger partial charge in [0.25, 0.3) is 0 Å². The topological polar surface area (TPSA) is 78.4 Å². The standard InChI is InChI=1S/C11H22N2O3/c1-8(2)5-6-12-10(16)13-7-11(3,4)9(14)15/h8H,5-7H2,1-4H3,(H,14,15)(H2,12,13,16). The van der Waals surface area contributed by atoms with Gasteiger partial charge >= 0.3 is 12.0 Å². The van der Waals surface area contributed by atoms with Crippen LogP contribution in [-0.2, 0) is 4.79 Å². The summed E-state index contributed by atoms with van der Waals surface area (Å²) in [6.45, 7) is 8.03. The Morgan fingerprint density at radius 3 is 2.25 bits per heavy atom. The van der Waals surface area contributed by atoms with Crippen molar-refractivity contribution in [1.29, 1.82) is 0 Å². The molecule has 0 aromatic heterocycles. The predicted octanol–water partition coefficient (Wildman–Crippen LogP) is 1.44. The highest BCUT2D eigenvalue weighted by Gasteiger charge is 2.27. The normalized spacial score (nSPS) is 11.3. The van der Waals surface area contributed by atoms with E-state index in [0.29, 0.717) is 12.5 Å². The van der Waals surface area contributed by atoms with Crippen LogP contribution in [0.4, 0.5) is 4.79 Å².